The number of hydrogen-bond donors (Lipinski definition) is 0. The summed E-state index contributed by atoms with van der Waals surface area (Å²) in [5.74, 6) is 0.332. The monoisotopic (exact) mass is 544 g/mol. The summed E-state index contributed by atoms with van der Waals surface area (Å²) in [4.78, 5) is 12.2. The molecule has 4 aromatic rings. The first-order chi connectivity index (χ1) is 19.5. The number of piperazine rings is 1. The molecule has 0 spiro atoms. The Morgan fingerprint density at radius 1 is 0.975 bits per heavy atom. The molecule has 208 valence electrons. The molecule has 2 aromatic heterocycles. The normalized spacial score (nSPS) is 23.2. The van der Waals surface area contributed by atoms with Gasteiger partial charge >= 0.3 is 0 Å². The van der Waals surface area contributed by atoms with Crippen LogP contribution in [0.25, 0.3) is 16.8 Å². The second kappa shape index (κ2) is 10.2. The number of fused-ring (bicyclic) bond motifs is 2. The molecule has 9 heteroatoms. The fourth-order valence-corrected chi connectivity index (χ4v) is 6.75. The highest BCUT2D eigenvalue weighted by atomic mass is 19.1. The Kier molecular flexibility index (Phi) is 6.53. The van der Waals surface area contributed by atoms with E-state index >= 15 is 0 Å². The minimum absolute atomic E-state index is 0.312. The molecule has 2 saturated heterocycles. The van der Waals surface area contributed by atoms with Gasteiger partial charge in [0.25, 0.3) is 0 Å². The standard InChI is InChI=1S/C31H34F2N6O/c1-40-17-16-36-12-14-37(15-13-36)21-22-2-4-23(5-3-22)26-20-34-39-11-9-29(35-30(26)39)38-10-8-24-19-31(24,38)27-18-25(32)6-7-28(27)33/h2-7,9,11,18,20,24H,8,10,12-17,19,21H2,1H3/t24-,31+/m0/s1. The highest BCUT2D eigenvalue weighted by Crippen LogP contribution is 2.63. The minimum atomic E-state index is -0.519. The number of piperidine rings is 1. The van der Waals surface area contributed by atoms with Crippen LogP contribution >= 0.6 is 0 Å². The third-order valence-corrected chi connectivity index (χ3v) is 9.03. The molecule has 2 atom stereocenters. The molecule has 2 aliphatic heterocycles. The van der Waals surface area contributed by atoms with Gasteiger partial charge in [0.05, 0.1) is 18.3 Å². The molecule has 0 radical (unpaired) electrons. The van der Waals surface area contributed by atoms with Gasteiger partial charge in [-0.15, -0.1) is 0 Å². The fraction of sp³-hybridized carbons (Fsp3) is 0.419. The Labute approximate surface area is 233 Å². The van der Waals surface area contributed by atoms with E-state index in [0.717, 1.165) is 87.9 Å². The molecular formula is C31H34F2N6O. The first kappa shape index (κ1) is 25.6. The maximum atomic E-state index is 14.9. The van der Waals surface area contributed by atoms with E-state index in [2.05, 4.69) is 44.1 Å². The Balaban J connectivity index is 1.10. The molecule has 4 heterocycles. The molecule has 40 heavy (non-hydrogen) atoms. The molecule has 7 nitrogen and oxygen atoms in total. The lowest BCUT2D eigenvalue weighted by atomic mass is 10.0. The number of hydrogen-bond acceptors (Lipinski definition) is 6. The zero-order valence-corrected chi connectivity index (χ0v) is 22.8. The SMILES string of the molecule is COCCN1CCN(Cc2ccc(-c3cnn4ccc(N5CC[C@H]6C[C@]65c5cc(F)ccc5F)nc34)cc2)CC1. The summed E-state index contributed by atoms with van der Waals surface area (Å²) < 4.78 is 36.0. The summed E-state index contributed by atoms with van der Waals surface area (Å²) in [6.07, 6.45) is 5.52. The second-order valence-corrected chi connectivity index (χ2v) is 11.3. The first-order valence-electron chi connectivity index (χ1n) is 14.2. The van der Waals surface area contributed by atoms with Crippen molar-refractivity contribution >= 4 is 11.5 Å². The summed E-state index contributed by atoms with van der Waals surface area (Å²) in [6.45, 7) is 7.75. The molecule has 7 rings (SSSR count). The van der Waals surface area contributed by atoms with Crippen molar-refractivity contribution in [2.75, 3.05) is 57.9 Å². The Bertz CT molecular complexity index is 1520. The van der Waals surface area contributed by atoms with E-state index in [4.69, 9.17) is 9.72 Å². The lowest BCUT2D eigenvalue weighted by Crippen LogP contribution is -2.46. The molecule has 2 aromatic carbocycles. The van der Waals surface area contributed by atoms with Crippen molar-refractivity contribution in [3.63, 3.8) is 0 Å². The van der Waals surface area contributed by atoms with E-state index in [1.54, 1.807) is 11.6 Å². The van der Waals surface area contributed by atoms with Crippen molar-refractivity contribution in [1.82, 2.24) is 24.4 Å². The van der Waals surface area contributed by atoms with Crippen molar-refractivity contribution in [2.24, 2.45) is 5.92 Å². The number of halogens is 2. The molecule has 1 saturated carbocycles. The smallest absolute Gasteiger partial charge is 0.165 e. The molecule has 0 unspecified atom stereocenters. The highest BCUT2D eigenvalue weighted by molar-refractivity contribution is 5.78. The predicted octanol–water partition coefficient (Wildman–Crippen LogP) is 4.56. The summed E-state index contributed by atoms with van der Waals surface area (Å²) in [5.41, 5.74) is 3.99. The van der Waals surface area contributed by atoms with Crippen molar-refractivity contribution in [1.29, 1.82) is 0 Å². The van der Waals surface area contributed by atoms with E-state index in [1.165, 1.54) is 23.8 Å². The zero-order valence-electron chi connectivity index (χ0n) is 22.8. The van der Waals surface area contributed by atoms with Gasteiger partial charge in [-0.25, -0.2) is 18.3 Å². The van der Waals surface area contributed by atoms with Crippen LogP contribution in [0.3, 0.4) is 0 Å². The molecule has 0 N–H and O–H groups in total. The van der Waals surface area contributed by atoms with Gasteiger partial charge in [0.2, 0.25) is 0 Å². The van der Waals surface area contributed by atoms with E-state index in [1.807, 2.05) is 18.5 Å². The quantitative estimate of drug-likeness (QED) is 0.324. The molecule has 1 aliphatic carbocycles. The van der Waals surface area contributed by atoms with Crippen LogP contribution in [-0.4, -0.2) is 77.4 Å². The number of methoxy groups -OCH3 is 1. The average molecular weight is 545 g/mol. The highest BCUT2D eigenvalue weighted by Gasteiger charge is 2.64. The van der Waals surface area contributed by atoms with Crippen molar-refractivity contribution in [3.8, 4) is 11.1 Å². The molecular weight excluding hydrogens is 510 g/mol. The van der Waals surface area contributed by atoms with Crippen LogP contribution in [0.2, 0.25) is 0 Å². The third-order valence-electron chi connectivity index (χ3n) is 9.03. The number of aromatic nitrogens is 3. The number of ether oxygens (including phenoxy) is 1. The van der Waals surface area contributed by atoms with Crippen LogP contribution in [0.15, 0.2) is 60.9 Å². The van der Waals surface area contributed by atoms with E-state index in [0.29, 0.717) is 11.5 Å². The van der Waals surface area contributed by atoms with Crippen molar-refractivity contribution in [2.45, 2.75) is 24.9 Å². The maximum Gasteiger partial charge on any atom is 0.165 e. The van der Waals surface area contributed by atoms with Crippen LogP contribution in [0.5, 0.6) is 0 Å². The lowest BCUT2D eigenvalue weighted by Gasteiger charge is -2.34. The lowest BCUT2D eigenvalue weighted by molar-refractivity contribution is 0.0938. The maximum absolute atomic E-state index is 14.9. The molecule has 3 fully saturated rings. The van der Waals surface area contributed by atoms with Crippen LogP contribution in [-0.2, 0) is 16.8 Å². The van der Waals surface area contributed by atoms with Gasteiger partial charge in [-0.05, 0) is 54.2 Å². The van der Waals surface area contributed by atoms with E-state index in [-0.39, 0.29) is 5.82 Å². The number of nitrogens with zero attached hydrogens (tertiary/aromatic N) is 6. The summed E-state index contributed by atoms with van der Waals surface area (Å²) >= 11 is 0. The van der Waals surface area contributed by atoms with Crippen molar-refractivity contribution < 1.29 is 13.5 Å². The Morgan fingerprint density at radius 3 is 2.55 bits per heavy atom. The largest absolute Gasteiger partial charge is 0.383 e. The zero-order chi connectivity index (χ0) is 27.3. The minimum Gasteiger partial charge on any atom is -0.383 e. The number of anilines is 1. The molecule has 3 aliphatic rings. The summed E-state index contributed by atoms with van der Waals surface area (Å²) in [6, 6.07) is 14.4. The fourth-order valence-electron chi connectivity index (χ4n) is 6.75. The van der Waals surface area contributed by atoms with Crippen LogP contribution in [0, 0.1) is 17.6 Å². The van der Waals surface area contributed by atoms with Gasteiger partial charge in [0, 0.05) is 70.2 Å². The van der Waals surface area contributed by atoms with E-state index in [9.17, 15) is 8.78 Å². The summed E-state index contributed by atoms with van der Waals surface area (Å²) in [5, 5.41) is 4.54. The van der Waals surface area contributed by atoms with Gasteiger partial charge in [0.1, 0.15) is 17.5 Å². The van der Waals surface area contributed by atoms with E-state index < -0.39 is 11.4 Å². The van der Waals surface area contributed by atoms with Gasteiger partial charge in [-0.3, -0.25) is 9.80 Å². The second-order valence-electron chi connectivity index (χ2n) is 11.3. The van der Waals surface area contributed by atoms with Crippen molar-refractivity contribution in [3.05, 3.63) is 83.7 Å². The van der Waals surface area contributed by atoms with Crippen LogP contribution in [0.4, 0.5) is 14.6 Å². The van der Waals surface area contributed by atoms with Crippen LogP contribution in [0.1, 0.15) is 24.0 Å². The molecule has 0 amide bonds. The Hall–Kier alpha value is -3.40. The van der Waals surface area contributed by atoms with Gasteiger partial charge in [0.15, 0.2) is 5.65 Å². The summed E-state index contributed by atoms with van der Waals surface area (Å²) in [7, 11) is 1.75. The van der Waals surface area contributed by atoms with Crippen LogP contribution < -0.4 is 4.90 Å². The average Bonchev–Trinajstić information content (AvgIpc) is 3.35. The predicted molar refractivity (Wildman–Crippen MR) is 150 cm³/mol. The topological polar surface area (TPSA) is 49.1 Å². The Morgan fingerprint density at radius 2 is 1.77 bits per heavy atom. The van der Waals surface area contributed by atoms with Gasteiger partial charge < -0.3 is 9.64 Å². The number of rotatable bonds is 8. The van der Waals surface area contributed by atoms with Gasteiger partial charge in [-0.2, -0.15) is 5.10 Å². The molecule has 0 bridgehead atoms. The van der Waals surface area contributed by atoms with Gasteiger partial charge in [-0.1, -0.05) is 24.3 Å². The first-order valence-corrected chi connectivity index (χ1v) is 14.2. The third kappa shape index (κ3) is 4.46. The number of benzene rings is 2.